The van der Waals surface area contributed by atoms with Crippen molar-refractivity contribution in [3.8, 4) is 11.5 Å². The van der Waals surface area contributed by atoms with E-state index in [-0.39, 0.29) is 17.1 Å². The third-order valence-electron chi connectivity index (χ3n) is 5.34. The Hall–Kier alpha value is -3.77. The number of halogens is 1. The van der Waals surface area contributed by atoms with Gasteiger partial charge in [0.2, 0.25) is 0 Å². The number of rotatable bonds is 6. The summed E-state index contributed by atoms with van der Waals surface area (Å²) in [5.41, 5.74) is 1.23. The van der Waals surface area contributed by atoms with Crippen LogP contribution in [-0.4, -0.2) is 28.5 Å². The van der Waals surface area contributed by atoms with Crippen LogP contribution >= 0.6 is 11.6 Å². The smallest absolute Gasteiger partial charge is 0.300 e. The number of phenols is 1. The van der Waals surface area contributed by atoms with Crippen LogP contribution in [0.1, 0.15) is 30.5 Å². The van der Waals surface area contributed by atoms with E-state index in [9.17, 15) is 19.8 Å². The van der Waals surface area contributed by atoms with E-state index in [0.717, 1.165) is 6.42 Å². The van der Waals surface area contributed by atoms with Gasteiger partial charge in [-0.1, -0.05) is 30.7 Å². The minimum absolute atomic E-state index is 0.0216. The van der Waals surface area contributed by atoms with Gasteiger partial charge >= 0.3 is 0 Å². The number of hydrogen-bond donors (Lipinski definition) is 2. The minimum atomic E-state index is -0.936. The number of nitrogens with zero attached hydrogens (tertiary/aromatic N) is 1. The largest absolute Gasteiger partial charge is 0.508 e. The predicted molar refractivity (Wildman–Crippen MR) is 127 cm³/mol. The van der Waals surface area contributed by atoms with Gasteiger partial charge in [-0.3, -0.25) is 14.5 Å². The quantitative estimate of drug-likeness (QED) is 0.288. The van der Waals surface area contributed by atoms with Crippen molar-refractivity contribution in [1.29, 1.82) is 0 Å². The molecular formula is C26H22ClNO5. The molecule has 1 aliphatic rings. The number of carbonyl (C=O) groups is 2. The fraction of sp³-hybridized carbons (Fsp3) is 0.154. The maximum Gasteiger partial charge on any atom is 0.300 e. The number of ketones is 1. The Labute approximate surface area is 196 Å². The van der Waals surface area contributed by atoms with E-state index < -0.39 is 17.7 Å². The molecular weight excluding hydrogens is 442 g/mol. The molecule has 3 aromatic rings. The number of hydrogen-bond acceptors (Lipinski definition) is 5. The van der Waals surface area contributed by atoms with Crippen LogP contribution < -0.4 is 9.64 Å². The summed E-state index contributed by atoms with van der Waals surface area (Å²) in [5.74, 6) is -1.29. The average molecular weight is 464 g/mol. The fourth-order valence-corrected chi connectivity index (χ4v) is 3.92. The lowest BCUT2D eigenvalue weighted by Crippen LogP contribution is -2.29. The number of aromatic hydroxyl groups is 1. The van der Waals surface area contributed by atoms with E-state index in [1.807, 2.05) is 6.92 Å². The summed E-state index contributed by atoms with van der Waals surface area (Å²) >= 11 is 6.00. The summed E-state index contributed by atoms with van der Waals surface area (Å²) in [6.07, 6.45) is 0.861. The zero-order valence-corrected chi connectivity index (χ0v) is 18.6. The Balaban J connectivity index is 1.85. The molecule has 7 heteroatoms. The summed E-state index contributed by atoms with van der Waals surface area (Å²) in [4.78, 5) is 27.5. The summed E-state index contributed by atoms with van der Waals surface area (Å²) in [6, 6.07) is 18.5. The highest BCUT2D eigenvalue weighted by molar-refractivity contribution is 6.51. The molecule has 1 aliphatic heterocycles. The third kappa shape index (κ3) is 4.43. The van der Waals surface area contributed by atoms with E-state index in [1.54, 1.807) is 60.7 Å². The standard InChI is InChI=1S/C26H22ClNO5/c1-2-14-33-21-12-6-16(7-13-21)24(30)22-23(17-4-3-5-20(29)15-17)28(26(32)25(22)31)19-10-8-18(27)9-11-19/h3-13,15,23,29-30H,2,14H2,1H3/b24-22-. The molecule has 1 unspecified atom stereocenters. The Morgan fingerprint density at radius 3 is 2.36 bits per heavy atom. The first-order valence-corrected chi connectivity index (χ1v) is 10.9. The summed E-state index contributed by atoms with van der Waals surface area (Å²) < 4.78 is 5.58. The SMILES string of the molecule is CCCOc1ccc(/C(O)=C2/C(=O)C(=O)N(c3ccc(Cl)cc3)C2c2cccc(O)c2)cc1. The van der Waals surface area contributed by atoms with Gasteiger partial charge in [0, 0.05) is 16.3 Å². The molecule has 1 fully saturated rings. The Morgan fingerprint density at radius 2 is 1.73 bits per heavy atom. The van der Waals surface area contributed by atoms with Crippen molar-refractivity contribution in [2.45, 2.75) is 19.4 Å². The van der Waals surface area contributed by atoms with Crippen LogP contribution in [0.25, 0.3) is 5.76 Å². The van der Waals surface area contributed by atoms with Crippen molar-refractivity contribution >= 4 is 34.7 Å². The van der Waals surface area contributed by atoms with Gasteiger partial charge in [-0.05, 0) is 72.6 Å². The van der Waals surface area contributed by atoms with Gasteiger partial charge in [0.1, 0.15) is 17.3 Å². The van der Waals surface area contributed by atoms with Crippen LogP contribution in [0.3, 0.4) is 0 Å². The monoisotopic (exact) mass is 463 g/mol. The molecule has 0 spiro atoms. The number of anilines is 1. The highest BCUT2D eigenvalue weighted by atomic mass is 35.5. The summed E-state index contributed by atoms with van der Waals surface area (Å²) in [6.45, 7) is 2.57. The second kappa shape index (κ2) is 9.38. The van der Waals surface area contributed by atoms with Crippen molar-refractivity contribution in [2.24, 2.45) is 0 Å². The number of aliphatic hydroxyl groups is 1. The van der Waals surface area contributed by atoms with Gasteiger partial charge in [0.15, 0.2) is 0 Å². The molecule has 0 radical (unpaired) electrons. The first-order chi connectivity index (χ1) is 15.9. The van der Waals surface area contributed by atoms with Crippen molar-refractivity contribution in [3.05, 3.63) is 94.5 Å². The molecule has 1 amide bonds. The highest BCUT2D eigenvalue weighted by Gasteiger charge is 2.47. The molecule has 0 aromatic heterocycles. The second-order valence-corrected chi connectivity index (χ2v) is 8.05. The molecule has 0 aliphatic carbocycles. The normalized spacial score (nSPS) is 17.4. The maximum atomic E-state index is 13.1. The van der Waals surface area contributed by atoms with Gasteiger partial charge < -0.3 is 14.9 Å². The first kappa shape index (κ1) is 22.4. The first-order valence-electron chi connectivity index (χ1n) is 10.5. The number of carbonyl (C=O) groups excluding carboxylic acids is 2. The molecule has 2 N–H and O–H groups in total. The second-order valence-electron chi connectivity index (χ2n) is 7.61. The van der Waals surface area contributed by atoms with Gasteiger partial charge in [0.05, 0.1) is 18.2 Å². The van der Waals surface area contributed by atoms with E-state index in [0.29, 0.717) is 34.2 Å². The predicted octanol–water partition coefficient (Wildman–Crippen LogP) is 5.46. The number of Topliss-reactive ketones (excluding diaryl/α,β-unsaturated/α-hetero) is 1. The van der Waals surface area contributed by atoms with Crippen LogP contribution in [0.2, 0.25) is 5.02 Å². The number of amides is 1. The van der Waals surface area contributed by atoms with Gasteiger partial charge in [-0.15, -0.1) is 0 Å². The van der Waals surface area contributed by atoms with Crippen LogP contribution in [-0.2, 0) is 9.59 Å². The van der Waals surface area contributed by atoms with Crippen molar-refractivity contribution in [1.82, 2.24) is 0 Å². The molecule has 1 heterocycles. The lowest BCUT2D eigenvalue weighted by Gasteiger charge is -2.25. The fourth-order valence-electron chi connectivity index (χ4n) is 3.80. The number of phenolic OH excluding ortho intramolecular Hbond substituents is 1. The topological polar surface area (TPSA) is 87.1 Å². The van der Waals surface area contributed by atoms with Crippen molar-refractivity contribution < 1.29 is 24.5 Å². The maximum absolute atomic E-state index is 13.1. The van der Waals surface area contributed by atoms with Crippen LogP contribution in [0.15, 0.2) is 78.4 Å². The van der Waals surface area contributed by atoms with Crippen LogP contribution in [0.5, 0.6) is 11.5 Å². The summed E-state index contributed by atoms with van der Waals surface area (Å²) in [7, 11) is 0. The van der Waals surface area contributed by atoms with Gasteiger partial charge in [-0.2, -0.15) is 0 Å². The molecule has 0 bridgehead atoms. The number of ether oxygens (including phenoxy) is 1. The molecule has 4 rings (SSSR count). The van der Waals surface area contributed by atoms with Crippen LogP contribution in [0, 0.1) is 0 Å². The molecule has 33 heavy (non-hydrogen) atoms. The zero-order valence-electron chi connectivity index (χ0n) is 17.9. The minimum Gasteiger partial charge on any atom is -0.508 e. The zero-order chi connectivity index (χ0) is 23.5. The summed E-state index contributed by atoms with van der Waals surface area (Å²) in [5, 5.41) is 21.7. The van der Waals surface area contributed by atoms with Crippen molar-refractivity contribution in [3.63, 3.8) is 0 Å². The molecule has 0 saturated carbocycles. The number of benzene rings is 3. The van der Waals surface area contributed by atoms with Crippen LogP contribution in [0.4, 0.5) is 5.69 Å². The third-order valence-corrected chi connectivity index (χ3v) is 5.59. The Kier molecular flexibility index (Phi) is 6.38. The van der Waals surface area contributed by atoms with Gasteiger partial charge in [-0.25, -0.2) is 0 Å². The van der Waals surface area contributed by atoms with E-state index in [1.165, 1.54) is 17.0 Å². The number of aliphatic hydroxyl groups excluding tert-OH is 1. The Morgan fingerprint density at radius 1 is 1.03 bits per heavy atom. The van der Waals surface area contributed by atoms with E-state index in [4.69, 9.17) is 16.3 Å². The average Bonchev–Trinajstić information content (AvgIpc) is 3.08. The molecule has 168 valence electrons. The van der Waals surface area contributed by atoms with E-state index in [2.05, 4.69) is 0 Å². The molecule has 6 nitrogen and oxygen atoms in total. The molecule has 3 aromatic carbocycles. The van der Waals surface area contributed by atoms with Crippen molar-refractivity contribution in [2.75, 3.05) is 11.5 Å². The van der Waals surface area contributed by atoms with E-state index >= 15 is 0 Å². The van der Waals surface area contributed by atoms with Gasteiger partial charge in [0.25, 0.3) is 11.7 Å². The lowest BCUT2D eigenvalue weighted by atomic mass is 9.95. The highest BCUT2D eigenvalue weighted by Crippen LogP contribution is 2.43. The molecule has 1 saturated heterocycles. The lowest BCUT2D eigenvalue weighted by molar-refractivity contribution is -0.132. The molecule has 1 atom stereocenters. The Bertz CT molecular complexity index is 1220.